The van der Waals surface area contributed by atoms with Gasteiger partial charge in [0.25, 0.3) is 5.91 Å². The Hall–Kier alpha value is -2.30. The maximum absolute atomic E-state index is 12.3. The second-order valence-electron chi connectivity index (χ2n) is 5.57. The highest BCUT2D eigenvalue weighted by Crippen LogP contribution is 2.24. The third-order valence-electron chi connectivity index (χ3n) is 4.20. The van der Waals surface area contributed by atoms with E-state index < -0.39 is 0 Å². The molecule has 0 fully saturated rings. The molecule has 5 nitrogen and oxygen atoms in total. The van der Waals surface area contributed by atoms with Crippen LogP contribution in [0.15, 0.2) is 24.3 Å². The molecule has 3 rings (SSSR count). The molecule has 116 valence electrons. The Morgan fingerprint density at radius 3 is 3.00 bits per heavy atom. The van der Waals surface area contributed by atoms with E-state index in [4.69, 9.17) is 4.74 Å². The molecule has 2 aromatic rings. The van der Waals surface area contributed by atoms with Gasteiger partial charge in [0.15, 0.2) is 5.69 Å². The van der Waals surface area contributed by atoms with Crippen molar-refractivity contribution in [3.8, 4) is 5.75 Å². The van der Waals surface area contributed by atoms with Crippen molar-refractivity contribution in [2.24, 2.45) is 7.05 Å². The summed E-state index contributed by atoms with van der Waals surface area (Å²) in [6, 6.07) is 7.87. The molecule has 1 heterocycles. The molecule has 1 aromatic carbocycles. The first-order valence-corrected chi connectivity index (χ1v) is 7.65. The Kier molecular flexibility index (Phi) is 4.13. The van der Waals surface area contributed by atoms with Crippen molar-refractivity contribution >= 4 is 5.91 Å². The lowest BCUT2D eigenvalue weighted by molar-refractivity contribution is 0.0947. The van der Waals surface area contributed by atoms with E-state index in [0.29, 0.717) is 12.2 Å². The summed E-state index contributed by atoms with van der Waals surface area (Å²) >= 11 is 0. The summed E-state index contributed by atoms with van der Waals surface area (Å²) < 4.78 is 7.17. The Bertz CT molecular complexity index is 691. The second kappa shape index (κ2) is 6.22. The number of aromatic nitrogens is 2. The monoisotopic (exact) mass is 299 g/mol. The highest BCUT2D eigenvalue weighted by Gasteiger charge is 2.24. The van der Waals surface area contributed by atoms with Gasteiger partial charge in [0.2, 0.25) is 0 Å². The fourth-order valence-corrected chi connectivity index (χ4v) is 3.10. The van der Waals surface area contributed by atoms with Crippen LogP contribution >= 0.6 is 0 Å². The molecule has 1 aliphatic carbocycles. The first-order valence-electron chi connectivity index (χ1n) is 7.65. The van der Waals surface area contributed by atoms with Crippen molar-refractivity contribution in [1.29, 1.82) is 0 Å². The van der Waals surface area contributed by atoms with Crippen LogP contribution in [0.25, 0.3) is 0 Å². The van der Waals surface area contributed by atoms with Crippen LogP contribution in [0.3, 0.4) is 0 Å². The number of amides is 1. The summed E-state index contributed by atoms with van der Waals surface area (Å²) in [5.74, 6) is 0.782. The molecule has 0 aliphatic heterocycles. The number of methoxy groups -OCH3 is 1. The predicted molar refractivity (Wildman–Crippen MR) is 84.3 cm³/mol. The maximum Gasteiger partial charge on any atom is 0.272 e. The summed E-state index contributed by atoms with van der Waals surface area (Å²) in [6.07, 6.45) is 3.83. The number of ether oxygens (including phenoxy) is 1. The van der Waals surface area contributed by atoms with Gasteiger partial charge in [-0.3, -0.25) is 9.48 Å². The lowest BCUT2D eigenvalue weighted by Crippen LogP contribution is -2.27. The number of hydrogen-bond donors (Lipinski definition) is 1. The van der Waals surface area contributed by atoms with E-state index in [1.54, 1.807) is 7.11 Å². The average Bonchev–Trinajstić information content (AvgIpc) is 3.12. The molecule has 0 radical (unpaired) electrons. The largest absolute Gasteiger partial charge is 0.496 e. The molecular weight excluding hydrogens is 278 g/mol. The first-order chi connectivity index (χ1) is 10.7. The third kappa shape index (κ3) is 2.71. The quantitative estimate of drug-likeness (QED) is 0.917. The molecule has 1 amide bonds. The van der Waals surface area contributed by atoms with Gasteiger partial charge >= 0.3 is 0 Å². The molecule has 0 saturated carbocycles. The number of para-hydroxylation sites is 1. The van der Waals surface area contributed by atoms with E-state index in [1.165, 1.54) is 5.69 Å². The van der Waals surface area contributed by atoms with Gasteiger partial charge in [-0.05, 0) is 37.3 Å². The van der Waals surface area contributed by atoms with E-state index in [2.05, 4.69) is 10.4 Å². The first kappa shape index (κ1) is 14.6. The van der Waals surface area contributed by atoms with E-state index in [9.17, 15) is 4.79 Å². The molecule has 22 heavy (non-hydrogen) atoms. The highest BCUT2D eigenvalue weighted by atomic mass is 16.5. The molecular formula is C17H21N3O2. The highest BCUT2D eigenvalue weighted by molar-refractivity contribution is 5.94. The zero-order valence-corrected chi connectivity index (χ0v) is 13.1. The number of benzene rings is 1. The Balaban J connectivity index is 1.63. The van der Waals surface area contributed by atoms with Gasteiger partial charge in [0.1, 0.15) is 5.75 Å². The number of nitrogens with zero attached hydrogens (tertiary/aromatic N) is 2. The van der Waals surface area contributed by atoms with Crippen LogP contribution in [0.2, 0.25) is 0 Å². The number of nitrogens with one attached hydrogen (secondary N) is 1. The molecule has 5 heteroatoms. The topological polar surface area (TPSA) is 56.1 Å². The van der Waals surface area contributed by atoms with Crippen LogP contribution in [0.1, 0.15) is 33.7 Å². The molecule has 1 aromatic heterocycles. The molecule has 1 N–H and O–H groups in total. The Morgan fingerprint density at radius 1 is 1.36 bits per heavy atom. The van der Waals surface area contributed by atoms with E-state index in [0.717, 1.165) is 42.6 Å². The van der Waals surface area contributed by atoms with Crippen molar-refractivity contribution < 1.29 is 9.53 Å². The van der Waals surface area contributed by atoms with Crippen LogP contribution in [0.5, 0.6) is 5.75 Å². The molecule has 1 aliphatic rings. The third-order valence-corrected chi connectivity index (χ3v) is 4.20. The Morgan fingerprint density at radius 2 is 2.18 bits per heavy atom. The van der Waals surface area contributed by atoms with Gasteiger partial charge in [-0.2, -0.15) is 5.10 Å². The van der Waals surface area contributed by atoms with Crippen molar-refractivity contribution in [2.75, 3.05) is 13.7 Å². The Labute approximate surface area is 130 Å². The SMILES string of the molecule is COc1ccccc1CCNC(=O)c1nn(C)c2c1CCC2. The van der Waals surface area contributed by atoms with Crippen LogP contribution < -0.4 is 10.1 Å². The van der Waals surface area contributed by atoms with Crippen LogP contribution in [-0.2, 0) is 26.3 Å². The fourth-order valence-electron chi connectivity index (χ4n) is 3.10. The fraction of sp³-hybridized carbons (Fsp3) is 0.412. The number of carbonyl (C=O) groups is 1. The average molecular weight is 299 g/mol. The second-order valence-corrected chi connectivity index (χ2v) is 5.57. The molecule has 0 spiro atoms. The summed E-state index contributed by atoms with van der Waals surface area (Å²) in [4.78, 5) is 12.3. The smallest absolute Gasteiger partial charge is 0.272 e. The number of aryl methyl sites for hydroxylation is 1. The predicted octanol–water partition coefficient (Wildman–Crippen LogP) is 1.89. The molecule has 0 saturated heterocycles. The van der Waals surface area contributed by atoms with Gasteiger partial charge in [-0.25, -0.2) is 0 Å². The number of fused-ring (bicyclic) bond motifs is 1. The van der Waals surface area contributed by atoms with Crippen molar-refractivity contribution in [1.82, 2.24) is 15.1 Å². The lowest BCUT2D eigenvalue weighted by atomic mass is 10.1. The molecule has 0 bridgehead atoms. The zero-order chi connectivity index (χ0) is 15.5. The van der Waals surface area contributed by atoms with Gasteiger partial charge in [0.05, 0.1) is 7.11 Å². The van der Waals surface area contributed by atoms with E-state index in [1.807, 2.05) is 36.0 Å². The zero-order valence-electron chi connectivity index (χ0n) is 13.1. The summed E-state index contributed by atoms with van der Waals surface area (Å²) in [5, 5.41) is 7.34. The van der Waals surface area contributed by atoms with Gasteiger partial charge in [0, 0.05) is 24.8 Å². The summed E-state index contributed by atoms with van der Waals surface area (Å²) in [5.41, 5.74) is 4.01. The van der Waals surface area contributed by atoms with Crippen molar-refractivity contribution in [3.05, 3.63) is 46.8 Å². The number of carbonyl (C=O) groups excluding carboxylic acids is 1. The van der Waals surface area contributed by atoms with Crippen LogP contribution in [-0.4, -0.2) is 29.3 Å². The summed E-state index contributed by atoms with van der Waals surface area (Å²) in [7, 11) is 3.57. The number of hydrogen-bond acceptors (Lipinski definition) is 3. The van der Waals surface area contributed by atoms with E-state index in [-0.39, 0.29) is 5.91 Å². The van der Waals surface area contributed by atoms with Gasteiger partial charge in [-0.1, -0.05) is 18.2 Å². The van der Waals surface area contributed by atoms with Crippen LogP contribution in [0, 0.1) is 0 Å². The van der Waals surface area contributed by atoms with Crippen molar-refractivity contribution in [2.45, 2.75) is 25.7 Å². The summed E-state index contributed by atoms with van der Waals surface area (Å²) in [6.45, 7) is 0.574. The van der Waals surface area contributed by atoms with Crippen molar-refractivity contribution in [3.63, 3.8) is 0 Å². The standard InChI is InChI=1S/C17H21N3O2/c1-20-14-8-5-7-13(14)16(19-20)17(21)18-11-10-12-6-3-4-9-15(12)22-2/h3-4,6,9H,5,7-8,10-11H2,1-2H3,(H,18,21). The minimum atomic E-state index is -0.0753. The normalized spacial score (nSPS) is 13.0. The lowest BCUT2D eigenvalue weighted by Gasteiger charge is -2.08. The van der Waals surface area contributed by atoms with Crippen LogP contribution in [0.4, 0.5) is 0 Å². The van der Waals surface area contributed by atoms with Gasteiger partial charge < -0.3 is 10.1 Å². The minimum Gasteiger partial charge on any atom is -0.496 e. The molecule has 0 unspecified atom stereocenters. The molecule has 0 atom stereocenters. The van der Waals surface area contributed by atoms with E-state index >= 15 is 0 Å². The van der Waals surface area contributed by atoms with Gasteiger partial charge in [-0.15, -0.1) is 0 Å². The number of rotatable bonds is 5. The minimum absolute atomic E-state index is 0.0753. The maximum atomic E-state index is 12.3.